The summed E-state index contributed by atoms with van der Waals surface area (Å²) in [5.74, 6) is 0.660. The van der Waals surface area contributed by atoms with Crippen molar-refractivity contribution in [3.8, 4) is 45.1 Å². The molecule has 0 bridgehead atoms. The summed E-state index contributed by atoms with van der Waals surface area (Å²) in [6, 6.07) is 73.8. The van der Waals surface area contributed by atoms with Crippen LogP contribution in [0, 0.1) is 0 Å². The lowest BCUT2D eigenvalue weighted by Gasteiger charge is -2.14. The maximum Gasteiger partial charge on any atom is 0.235 e. The summed E-state index contributed by atoms with van der Waals surface area (Å²) >= 11 is 0. The number of benzene rings is 9. The summed E-state index contributed by atoms with van der Waals surface area (Å²) in [6.07, 6.45) is 0. The van der Waals surface area contributed by atoms with E-state index in [9.17, 15) is 0 Å². The molecule has 4 heteroatoms. The predicted molar refractivity (Wildman–Crippen MR) is 242 cm³/mol. The molecule has 0 amide bonds. The van der Waals surface area contributed by atoms with Crippen molar-refractivity contribution in [2.24, 2.45) is 0 Å². The second-order valence-corrected chi connectivity index (χ2v) is 15.0. The molecule has 270 valence electrons. The molecule has 58 heavy (non-hydrogen) atoms. The maximum atomic E-state index is 5.36. The first kappa shape index (κ1) is 32.4. The minimum atomic E-state index is 0.660. The number of hydrogen-bond donors (Lipinski definition) is 0. The fraction of sp³-hybridized carbons (Fsp3) is 0. The molecule has 0 unspecified atom stereocenters. The van der Waals surface area contributed by atoms with E-state index in [-0.39, 0.29) is 0 Å². The van der Waals surface area contributed by atoms with Crippen LogP contribution >= 0.6 is 0 Å². The van der Waals surface area contributed by atoms with Crippen LogP contribution in [0.2, 0.25) is 0 Å². The van der Waals surface area contributed by atoms with Gasteiger partial charge in [-0.05, 0) is 76.2 Å². The van der Waals surface area contributed by atoms with Crippen molar-refractivity contribution in [3.05, 3.63) is 206 Å². The normalized spacial score (nSPS) is 11.8. The zero-order valence-electron chi connectivity index (χ0n) is 31.4. The van der Waals surface area contributed by atoms with E-state index in [2.05, 4.69) is 209 Å². The monoisotopic (exact) mass is 738 g/mol. The highest BCUT2D eigenvalue weighted by molar-refractivity contribution is 6.22. The first-order chi connectivity index (χ1) is 28.8. The Bertz CT molecular complexity index is 3540. The predicted octanol–water partition coefficient (Wildman–Crippen LogP) is 14.0. The Hall–Kier alpha value is -7.82. The molecule has 12 rings (SSSR count). The largest absolute Gasteiger partial charge is 0.309 e. The molecule has 4 nitrogen and oxygen atoms in total. The molecule has 0 aliphatic carbocycles. The van der Waals surface area contributed by atoms with Crippen molar-refractivity contribution in [3.63, 3.8) is 0 Å². The Morgan fingerprint density at radius 2 is 0.845 bits per heavy atom. The SMILES string of the molecule is c1ccc(-c2ccc(-n3c4ccccc4c4cc(-c5cc6c7ccccc7n(-c7nc(-c8ccccc8)c8ccccc8n7)c6c6ccccc56)ccc43)cc2)cc1. The van der Waals surface area contributed by atoms with Gasteiger partial charge in [0, 0.05) is 43.6 Å². The van der Waals surface area contributed by atoms with Crippen LogP contribution in [0.25, 0.3) is 110 Å². The molecule has 3 heterocycles. The summed E-state index contributed by atoms with van der Waals surface area (Å²) in [4.78, 5) is 10.6. The third-order valence-electron chi connectivity index (χ3n) is 11.7. The molecule has 3 aromatic heterocycles. The number of hydrogen-bond acceptors (Lipinski definition) is 2. The fourth-order valence-electron chi connectivity index (χ4n) is 9.10. The number of fused-ring (bicyclic) bond motifs is 9. The van der Waals surface area contributed by atoms with Gasteiger partial charge in [-0.25, -0.2) is 9.97 Å². The molecular formula is C54H34N4. The van der Waals surface area contributed by atoms with Gasteiger partial charge in [0.25, 0.3) is 0 Å². The van der Waals surface area contributed by atoms with E-state index in [0.717, 1.165) is 44.3 Å². The molecule has 0 radical (unpaired) electrons. The Balaban J connectivity index is 1.08. The van der Waals surface area contributed by atoms with Crippen molar-refractivity contribution in [2.45, 2.75) is 0 Å². The standard InChI is InChI=1S/C54H34N4/c1-3-15-35(16-4-1)36-27-30-39(31-28-36)57-49-25-13-10-20-41(49)46-33-38(29-32-51(46)57)45-34-47-42-21-11-14-26-50(42)58(53(47)43-22-8-7-19-40(43)45)54-55-48-24-12-9-23-44(48)52(56-54)37-17-5-2-6-18-37/h1-34H. The molecule has 0 saturated carbocycles. The third kappa shape index (κ3) is 4.95. The van der Waals surface area contributed by atoms with Crippen LogP contribution in [0.15, 0.2) is 206 Å². The van der Waals surface area contributed by atoms with E-state index >= 15 is 0 Å². The molecule has 9 aromatic carbocycles. The molecule has 0 saturated heterocycles. The average molecular weight is 739 g/mol. The van der Waals surface area contributed by atoms with Gasteiger partial charge in [-0.1, -0.05) is 158 Å². The van der Waals surface area contributed by atoms with Gasteiger partial charge in [-0.2, -0.15) is 0 Å². The molecule has 12 aromatic rings. The molecule has 0 fully saturated rings. The number of nitrogens with zero attached hydrogens (tertiary/aromatic N) is 4. The van der Waals surface area contributed by atoms with Gasteiger partial charge in [0.15, 0.2) is 0 Å². The average Bonchev–Trinajstić information content (AvgIpc) is 3.82. The van der Waals surface area contributed by atoms with Gasteiger partial charge in [0.05, 0.1) is 33.3 Å². The lowest BCUT2D eigenvalue weighted by atomic mass is 9.94. The third-order valence-corrected chi connectivity index (χ3v) is 11.7. The van der Waals surface area contributed by atoms with E-state index in [1.165, 1.54) is 60.2 Å². The van der Waals surface area contributed by atoms with Crippen LogP contribution in [-0.2, 0) is 0 Å². The summed E-state index contributed by atoms with van der Waals surface area (Å²) in [5.41, 5.74) is 13.4. The quantitative estimate of drug-likeness (QED) is 0.176. The lowest BCUT2D eigenvalue weighted by Crippen LogP contribution is -2.03. The minimum absolute atomic E-state index is 0.660. The van der Waals surface area contributed by atoms with E-state index < -0.39 is 0 Å². The first-order valence-electron chi connectivity index (χ1n) is 19.8. The Morgan fingerprint density at radius 1 is 0.310 bits per heavy atom. The molecule has 0 N–H and O–H groups in total. The van der Waals surface area contributed by atoms with Gasteiger partial charge in [-0.3, -0.25) is 4.57 Å². The maximum absolute atomic E-state index is 5.36. The second-order valence-electron chi connectivity index (χ2n) is 15.0. The molecule has 0 aliphatic rings. The van der Waals surface area contributed by atoms with E-state index in [1.54, 1.807) is 0 Å². The highest BCUT2D eigenvalue weighted by Crippen LogP contribution is 2.43. The van der Waals surface area contributed by atoms with Crippen LogP contribution in [0.4, 0.5) is 0 Å². The van der Waals surface area contributed by atoms with Gasteiger partial charge >= 0.3 is 0 Å². The van der Waals surface area contributed by atoms with E-state index in [0.29, 0.717) is 5.95 Å². The summed E-state index contributed by atoms with van der Waals surface area (Å²) < 4.78 is 4.67. The minimum Gasteiger partial charge on any atom is -0.309 e. The summed E-state index contributed by atoms with van der Waals surface area (Å²) in [7, 11) is 0. The highest BCUT2D eigenvalue weighted by Gasteiger charge is 2.22. The lowest BCUT2D eigenvalue weighted by molar-refractivity contribution is 1.02. The van der Waals surface area contributed by atoms with Crippen molar-refractivity contribution in [1.29, 1.82) is 0 Å². The van der Waals surface area contributed by atoms with Crippen LogP contribution in [-0.4, -0.2) is 19.1 Å². The molecule has 0 spiro atoms. The Morgan fingerprint density at radius 3 is 1.59 bits per heavy atom. The van der Waals surface area contributed by atoms with Crippen LogP contribution in [0.5, 0.6) is 0 Å². The number of aromatic nitrogens is 4. The van der Waals surface area contributed by atoms with E-state index in [4.69, 9.17) is 9.97 Å². The Labute approximate surface area is 334 Å². The first-order valence-corrected chi connectivity index (χ1v) is 19.8. The second kappa shape index (κ2) is 12.9. The summed E-state index contributed by atoms with van der Waals surface area (Å²) in [6.45, 7) is 0. The molecule has 0 atom stereocenters. The van der Waals surface area contributed by atoms with Gasteiger partial charge in [0.1, 0.15) is 0 Å². The molecular weight excluding hydrogens is 705 g/mol. The number of rotatable bonds is 5. The number of para-hydroxylation sites is 3. The Kier molecular flexibility index (Phi) is 7.20. The zero-order chi connectivity index (χ0) is 38.2. The van der Waals surface area contributed by atoms with Crippen LogP contribution in [0.1, 0.15) is 0 Å². The smallest absolute Gasteiger partial charge is 0.235 e. The van der Waals surface area contributed by atoms with Crippen molar-refractivity contribution in [1.82, 2.24) is 19.1 Å². The fourth-order valence-corrected chi connectivity index (χ4v) is 9.10. The van der Waals surface area contributed by atoms with Crippen LogP contribution in [0.3, 0.4) is 0 Å². The molecule has 0 aliphatic heterocycles. The topological polar surface area (TPSA) is 35.6 Å². The van der Waals surface area contributed by atoms with Crippen molar-refractivity contribution in [2.75, 3.05) is 0 Å². The summed E-state index contributed by atoms with van der Waals surface area (Å²) in [5, 5.41) is 8.17. The van der Waals surface area contributed by atoms with Gasteiger partial charge < -0.3 is 4.57 Å². The van der Waals surface area contributed by atoms with Gasteiger partial charge in [0.2, 0.25) is 5.95 Å². The van der Waals surface area contributed by atoms with Crippen molar-refractivity contribution < 1.29 is 0 Å². The zero-order valence-corrected chi connectivity index (χ0v) is 31.4. The van der Waals surface area contributed by atoms with Crippen LogP contribution < -0.4 is 0 Å². The highest BCUT2D eigenvalue weighted by atomic mass is 15.2. The van der Waals surface area contributed by atoms with Crippen molar-refractivity contribution >= 4 is 65.3 Å². The van der Waals surface area contributed by atoms with Gasteiger partial charge in [-0.15, -0.1) is 0 Å². The van der Waals surface area contributed by atoms with E-state index in [1.807, 2.05) is 6.07 Å².